The molecule has 2 aliphatic rings. The average molecular weight is 217 g/mol. The summed E-state index contributed by atoms with van der Waals surface area (Å²) in [6.07, 6.45) is 0.967. The standard InChI is InChI=1S/C12H9ClN2/c13-10-3-1-2-8(4-10)11-12(7-14)5-9(12)6-15-11/h1-4,9H,5-6H2/t9-,12+/m1/s1. The molecule has 2 nitrogen and oxygen atoms in total. The van der Waals surface area contributed by atoms with Crippen LogP contribution in [0.25, 0.3) is 0 Å². The van der Waals surface area contributed by atoms with Crippen LogP contribution < -0.4 is 0 Å². The van der Waals surface area contributed by atoms with E-state index in [2.05, 4.69) is 11.1 Å². The van der Waals surface area contributed by atoms with Crippen molar-refractivity contribution in [3.63, 3.8) is 0 Å². The van der Waals surface area contributed by atoms with E-state index < -0.39 is 0 Å². The molecule has 74 valence electrons. The summed E-state index contributed by atoms with van der Waals surface area (Å²) in [5.41, 5.74) is 1.66. The fraction of sp³-hybridized carbons (Fsp3) is 0.333. The summed E-state index contributed by atoms with van der Waals surface area (Å²) in [5.74, 6) is 0.455. The van der Waals surface area contributed by atoms with Crippen LogP contribution >= 0.6 is 11.6 Å². The van der Waals surface area contributed by atoms with Gasteiger partial charge in [-0.2, -0.15) is 5.26 Å². The number of rotatable bonds is 1. The van der Waals surface area contributed by atoms with Gasteiger partial charge in [0.15, 0.2) is 0 Å². The van der Waals surface area contributed by atoms with Crippen LogP contribution in [-0.2, 0) is 0 Å². The van der Waals surface area contributed by atoms with Crippen LogP contribution in [0.5, 0.6) is 0 Å². The molecule has 0 radical (unpaired) electrons. The monoisotopic (exact) mass is 216 g/mol. The number of halogens is 1. The zero-order chi connectivity index (χ0) is 10.5. The number of fused-ring (bicyclic) bond motifs is 1. The Morgan fingerprint density at radius 3 is 3.07 bits per heavy atom. The van der Waals surface area contributed by atoms with E-state index >= 15 is 0 Å². The molecule has 0 saturated heterocycles. The summed E-state index contributed by atoms with van der Waals surface area (Å²) in [7, 11) is 0. The lowest BCUT2D eigenvalue weighted by molar-refractivity contribution is 0.802. The van der Waals surface area contributed by atoms with Crippen LogP contribution in [0.15, 0.2) is 29.3 Å². The van der Waals surface area contributed by atoms with Gasteiger partial charge < -0.3 is 0 Å². The van der Waals surface area contributed by atoms with Crippen molar-refractivity contribution < 1.29 is 0 Å². The molecule has 1 fully saturated rings. The fourth-order valence-corrected chi connectivity index (χ4v) is 2.55. The molecule has 0 unspecified atom stereocenters. The van der Waals surface area contributed by atoms with E-state index in [-0.39, 0.29) is 5.41 Å². The molecule has 1 aliphatic carbocycles. The van der Waals surface area contributed by atoms with Gasteiger partial charge in [-0.15, -0.1) is 0 Å². The van der Waals surface area contributed by atoms with Gasteiger partial charge in [-0.3, -0.25) is 4.99 Å². The zero-order valence-corrected chi connectivity index (χ0v) is 8.83. The molecule has 0 N–H and O–H groups in total. The van der Waals surface area contributed by atoms with Gasteiger partial charge in [0, 0.05) is 17.5 Å². The third-order valence-corrected chi connectivity index (χ3v) is 3.53. The first kappa shape index (κ1) is 8.94. The summed E-state index contributed by atoms with van der Waals surface area (Å²) in [6, 6.07) is 10.0. The molecule has 2 atom stereocenters. The van der Waals surface area contributed by atoms with Gasteiger partial charge in [0.05, 0.1) is 11.8 Å². The molecule has 1 aromatic rings. The van der Waals surface area contributed by atoms with Crippen molar-refractivity contribution >= 4 is 17.3 Å². The lowest BCUT2D eigenvalue weighted by atomic mass is 9.95. The highest BCUT2D eigenvalue weighted by Crippen LogP contribution is 2.58. The Labute approximate surface area is 93.2 Å². The number of benzene rings is 1. The number of nitriles is 1. The van der Waals surface area contributed by atoms with Crippen LogP contribution in [0.2, 0.25) is 5.02 Å². The second-order valence-corrected chi connectivity index (χ2v) is 4.62. The smallest absolute Gasteiger partial charge is 0.104 e. The molecule has 1 saturated carbocycles. The lowest BCUT2D eigenvalue weighted by Gasteiger charge is -2.07. The van der Waals surface area contributed by atoms with Crippen LogP contribution in [0, 0.1) is 22.7 Å². The Kier molecular flexibility index (Phi) is 1.69. The highest BCUT2D eigenvalue weighted by Gasteiger charge is 2.61. The summed E-state index contributed by atoms with van der Waals surface area (Å²) in [5, 5.41) is 9.91. The number of hydrogen-bond acceptors (Lipinski definition) is 2. The predicted octanol–water partition coefficient (Wildman–Crippen LogP) is 2.67. The Morgan fingerprint density at radius 2 is 2.40 bits per heavy atom. The van der Waals surface area contributed by atoms with Crippen LogP contribution in [0.4, 0.5) is 0 Å². The Balaban J connectivity index is 2.06. The van der Waals surface area contributed by atoms with E-state index in [0.717, 1.165) is 24.2 Å². The summed E-state index contributed by atoms with van der Waals surface area (Å²) in [6.45, 7) is 0.801. The molecule has 0 bridgehead atoms. The Morgan fingerprint density at radius 1 is 1.53 bits per heavy atom. The van der Waals surface area contributed by atoms with Crippen LogP contribution in [0.1, 0.15) is 12.0 Å². The molecule has 3 heteroatoms. The van der Waals surface area contributed by atoms with Crippen molar-refractivity contribution in [1.82, 2.24) is 0 Å². The number of hydrogen-bond donors (Lipinski definition) is 0. The minimum Gasteiger partial charge on any atom is -0.287 e. The highest BCUT2D eigenvalue weighted by atomic mass is 35.5. The maximum absolute atomic E-state index is 9.20. The average Bonchev–Trinajstić information content (AvgIpc) is 2.85. The van der Waals surface area contributed by atoms with Crippen molar-refractivity contribution in [3.05, 3.63) is 34.9 Å². The molecule has 0 aromatic heterocycles. The molecular formula is C12H9ClN2. The third kappa shape index (κ3) is 1.13. The first-order chi connectivity index (χ1) is 7.26. The molecule has 1 aromatic carbocycles. The number of aliphatic imine (C=N–C) groups is 1. The Bertz CT molecular complexity index is 501. The largest absolute Gasteiger partial charge is 0.287 e. The van der Waals surface area contributed by atoms with Gasteiger partial charge >= 0.3 is 0 Å². The van der Waals surface area contributed by atoms with E-state index in [4.69, 9.17) is 11.6 Å². The maximum atomic E-state index is 9.20. The van der Waals surface area contributed by atoms with Crippen molar-refractivity contribution in [1.29, 1.82) is 5.26 Å². The van der Waals surface area contributed by atoms with Gasteiger partial charge in [0.25, 0.3) is 0 Å². The minimum atomic E-state index is -0.287. The molecule has 1 heterocycles. The third-order valence-electron chi connectivity index (χ3n) is 3.30. The zero-order valence-electron chi connectivity index (χ0n) is 8.07. The summed E-state index contributed by atoms with van der Waals surface area (Å²) >= 11 is 5.94. The predicted molar refractivity (Wildman–Crippen MR) is 59.0 cm³/mol. The van der Waals surface area contributed by atoms with Gasteiger partial charge in [0.1, 0.15) is 5.41 Å². The van der Waals surface area contributed by atoms with Crippen LogP contribution in [-0.4, -0.2) is 12.3 Å². The van der Waals surface area contributed by atoms with E-state index in [0.29, 0.717) is 10.9 Å². The first-order valence-corrected chi connectivity index (χ1v) is 5.36. The molecule has 0 amide bonds. The quantitative estimate of drug-likeness (QED) is 0.711. The lowest BCUT2D eigenvalue weighted by Crippen LogP contribution is -2.13. The van der Waals surface area contributed by atoms with E-state index in [1.54, 1.807) is 0 Å². The van der Waals surface area contributed by atoms with Crippen molar-refractivity contribution in [2.24, 2.45) is 16.3 Å². The molecule has 0 spiro atoms. The normalized spacial score (nSPS) is 31.7. The van der Waals surface area contributed by atoms with Gasteiger partial charge in [-0.25, -0.2) is 0 Å². The number of nitrogens with zero attached hydrogens (tertiary/aromatic N) is 2. The van der Waals surface area contributed by atoms with Gasteiger partial charge in [-0.05, 0) is 24.1 Å². The van der Waals surface area contributed by atoms with Gasteiger partial charge in [-0.1, -0.05) is 23.7 Å². The summed E-state index contributed by atoms with van der Waals surface area (Å²) < 4.78 is 0. The SMILES string of the molecule is N#C[C@@]12C[C@@H]1CN=C2c1cccc(Cl)c1. The Hall–Kier alpha value is -1.33. The molecular weight excluding hydrogens is 208 g/mol. The molecule has 3 rings (SSSR count). The maximum Gasteiger partial charge on any atom is 0.104 e. The fourth-order valence-electron chi connectivity index (χ4n) is 2.36. The minimum absolute atomic E-state index is 0.287. The topological polar surface area (TPSA) is 36.1 Å². The molecule has 15 heavy (non-hydrogen) atoms. The van der Waals surface area contributed by atoms with Crippen molar-refractivity contribution in [3.8, 4) is 6.07 Å². The van der Waals surface area contributed by atoms with Crippen LogP contribution in [0.3, 0.4) is 0 Å². The summed E-state index contributed by atoms with van der Waals surface area (Å²) in [4.78, 5) is 4.46. The van der Waals surface area contributed by atoms with E-state index in [1.807, 2.05) is 24.3 Å². The second kappa shape index (κ2) is 2.84. The van der Waals surface area contributed by atoms with E-state index in [1.165, 1.54) is 0 Å². The molecule has 1 aliphatic heterocycles. The van der Waals surface area contributed by atoms with Crippen molar-refractivity contribution in [2.45, 2.75) is 6.42 Å². The van der Waals surface area contributed by atoms with E-state index in [9.17, 15) is 5.26 Å². The second-order valence-electron chi connectivity index (χ2n) is 4.18. The van der Waals surface area contributed by atoms with Gasteiger partial charge in [0.2, 0.25) is 0 Å². The highest BCUT2D eigenvalue weighted by molar-refractivity contribution is 6.31. The van der Waals surface area contributed by atoms with Crippen molar-refractivity contribution in [2.75, 3.05) is 6.54 Å². The first-order valence-electron chi connectivity index (χ1n) is 4.98.